The summed E-state index contributed by atoms with van der Waals surface area (Å²) in [5, 5.41) is 5.46. The maximum Gasteiger partial charge on any atom is 0.243 e. The summed E-state index contributed by atoms with van der Waals surface area (Å²) in [6.45, 7) is 0.0109. The molecule has 0 radical (unpaired) electrons. The quantitative estimate of drug-likeness (QED) is 0.902. The number of benzene rings is 2. The second-order valence-corrected chi connectivity index (χ2v) is 4.80. The molecule has 1 amide bonds. The molecule has 0 atom stereocenters. The minimum atomic E-state index is -0.376. The van der Waals surface area contributed by atoms with E-state index in [0.717, 1.165) is 4.47 Å². The van der Waals surface area contributed by atoms with Crippen LogP contribution in [0, 0.1) is 5.82 Å². The molecule has 0 bridgehead atoms. The molecule has 2 rings (SSSR count). The standard InChI is InChI=1S/C14H12BrFN2O/c15-10-5-7-11(8-6-10)18-14(19)9-17-13-4-2-1-3-12(13)16/h1-8,17H,9H2,(H,18,19). The second-order valence-electron chi connectivity index (χ2n) is 3.89. The summed E-state index contributed by atoms with van der Waals surface area (Å²) in [4.78, 5) is 11.7. The van der Waals surface area contributed by atoms with Gasteiger partial charge in [-0.2, -0.15) is 0 Å². The van der Waals surface area contributed by atoms with Crippen molar-refractivity contribution in [3.63, 3.8) is 0 Å². The van der Waals surface area contributed by atoms with Crippen LogP contribution in [0.4, 0.5) is 15.8 Å². The van der Waals surface area contributed by atoms with Crippen LogP contribution in [0.5, 0.6) is 0 Å². The van der Waals surface area contributed by atoms with Gasteiger partial charge in [0, 0.05) is 10.2 Å². The average Bonchev–Trinajstić information content (AvgIpc) is 2.40. The molecule has 98 valence electrons. The molecule has 0 heterocycles. The first kappa shape index (κ1) is 13.5. The van der Waals surface area contributed by atoms with E-state index in [1.165, 1.54) is 6.07 Å². The van der Waals surface area contributed by atoms with E-state index in [1.807, 2.05) is 12.1 Å². The van der Waals surface area contributed by atoms with E-state index in [1.54, 1.807) is 30.3 Å². The van der Waals surface area contributed by atoms with Gasteiger partial charge < -0.3 is 10.6 Å². The molecule has 0 aliphatic heterocycles. The van der Waals surface area contributed by atoms with Crippen LogP contribution in [0.25, 0.3) is 0 Å². The van der Waals surface area contributed by atoms with Gasteiger partial charge in [0.15, 0.2) is 0 Å². The number of hydrogen-bond donors (Lipinski definition) is 2. The summed E-state index contributed by atoms with van der Waals surface area (Å²) < 4.78 is 14.3. The van der Waals surface area contributed by atoms with Gasteiger partial charge >= 0.3 is 0 Å². The number of amides is 1. The predicted molar refractivity (Wildman–Crippen MR) is 77.7 cm³/mol. The zero-order valence-corrected chi connectivity index (χ0v) is 11.6. The molecule has 2 aromatic rings. The smallest absolute Gasteiger partial charge is 0.243 e. The molecule has 19 heavy (non-hydrogen) atoms. The van der Waals surface area contributed by atoms with Gasteiger partial charge in [-0.05, 0) is 36.4 Å². The molecular weight excluding hydrogens is 311 g/mol. The Morgan fingerprint density at radius 1 is 1.11 bits per heavy atom. The molecule has 0 spiro atoms. The number of anilines is 2. The summed E-state index contributed by atoms with van der Waals surface area (Å²) in [7, 11) is 0. The van der Waals surface area contributed by atoms with E-state index < -0.39 is 0 Å². The molecule has 0 aliphatic carbocycles. The third-order valence-electron chi connectivity index (χ3n) is 2.44. The first-order valence-corrected chi connectivity index (χ1v) is 6.48. The lowest BCUT2D eigenvalue weighted by Crippen LogP contribution is -2.22. The van der Waals surface area contributed by atoms with E-state index in [0.29, 0.717) is 11.4 Å². The number of para-hydroxylation sites is 1. The Labute approximate surface area is 119 Å². The van der Waals surface area contributed by atoms with Crippen molar-refractivity contribution in [2.24, 2.45) is 0 Å². The van der Waals surface area contributed by atoms with E-state index in [-0.39, 0.29) is 18.3 Å². The predicted octanol–water partition coefficient (Wildman–Crippen LogP) is 3.64. The average molecular weight is 323 g/mol. The Morgan fingerprint density at radius 2 is 1.79 bits per heavy atom. The molecular formula is C14H12BrFN2O. The van der Waals surface area contributed by atoms with Crippen LogP contribution in [-0.2, 0) is 4.79 Å². The highest BCUT2D eigenvalue weighted by atomic mass is 79.9. The first-order valence-electron chi connectivity index (χ1n) is 5.69. The van der Waals surface area contributed by atoms with Crippen molar-refractivity contribution in [1.82, 2.24) is 0 Å². The number of hydrogen-bond acceptors (Lipinski definition) is 2. The minimum Gasteiger partial charge on any atom is -0.374 e. The fourth-order valence-electron chi connectivity index (χ4n) is 1.52. The number of carbonyl (C=O) groups excluding carboxylic acids is 1. The SMILES string of the molecule is O=C(CNc1ccccc1F)Nc1ccc(Br)cc1. The Morgan fingerprint density at radius 3 is 2.47 bits per heavy atom. The summed E-state index contributed by atoms with van der Waals surface area (Å²) in [6.07, 6.45) is 0. The van der Waals surface area contributed by atoms with Gasteiger partial charge in [-0.15, -0.1) is 0 Å². The van der Waals surface area contributed by atoms with Crippen molar-refractivity contribution >= 4 is 33.2 Å². The number of rotatable bonds is 4. The van der Waals surface area contributed by atoms with Crippen LogP contribution in [0.2, 0.25) is 0 Å². The van der Waals surface area contributed by atoms with Crippen molar-refractivity contribution in [2.45, 2.75) is 0 Å². The van der Waals surface area contributed by atoms with Gasteiger partial charge in [-0.25, -0.2) is 4.39 Å². The van der Waals surface area contributed by atoms with Gasteiger partial charge in [0.2, 0.25) is 5.91 Å². The highest BCUT2D eigenvalue weighted by Gasteiger charge is 2.04. The molecule has 0 saturated carbocycles. The molecule has 3 nitrogen and oxygen atoms in total. The summed E-state index contributed by atoms with van der Waals surface area (Å²) in [5.74, 6) is -0.607. The largest absolute Gasteiger partial charge is 0.374 e. The molecule has 2 N–H and O–H groups in total. The van der Waals surface area contributed by atoms with Crippen molar-refractivity contribution < 1.29 is 9.18 Å². The van der Waals surface area contributed by atoms with Gasteiger partial charge in [0.25, 0.3) is 0 Å². The third kappa shape index (κ3) is 4.06. The van der Waals surface area contributed by atoms with Gasteiger partial charge in [-0.1, -0.05) is 28.1 Å². The summed E-state index contributed by atoms with van der Waals surface area (Å²) in [5.41, 5.74) is 1.01. The van der Waals surface area contributed by atoms with Crippen LogP contribution >= 0.6 is 15.9 Å². The lowest BCUT2D eigenvalue weighted by molar-refractivity contribution is -0.114. The van der Waals surface area contributed by atoms with E-state index in [2.05, 4.69) is 26.6 Å². The zero-order chi connectivity index (χ0) is 13.7. The van der Waals surface area contributed by atoms with Crippen LogP contribution in [0.3, 0.4) is 0 Å². The van der Waals surface area contributed by atoms with Gasteiger partial charge in [0.05, 0.1) is 12.2 Å². The minimum absolute atomic E-state index is 0.0109. The van der Waals surface area contributed by atoms with Crippen LogP contribution in [0.1, 0.15) is 0 Å². The normalized spacial score (nSPS) is 10.0. The van der Waals surface area contributed by atoms with Crippen molar-refractivity contribution in [3.05, 3.63) is 58.8 Å². The fourth-order valence-corrected chi connectivity index (χ4v) is 1.78. The lowest BCUT2D eigenvalue weighted by Gasteiger charge is -2.08. The highest BCUT2D eigenvalue weighted by molar-refractivity contribution is 9.10. The lowest BCUT2D eigenvalue weighted by atomic mass is 10.3. The van der Waals surface area contributed by atoms with E-state index in [9.17, 15) is 9.18 Å². The molecule has 5 heteroatoms. The maximum atomic E-state index is 13.3. The molecule has 0 aliphatic rings. The summed E-state index contributed by atoms with van der Waals surface area (Å²) >= 11 is 3.31. The zero-order valence-electron chi connectivity index (χ0n) is 9.99. The Bertz CT molecular complexity index is 572. The Hall–Kier alpha value is -1.88. The van der Waals surface area contributed by atoms with Gasteiger partial charge in [0.1, 0.15) is 5.82 Å². The van der Waals surface area contributed by atoms with Crippen LogP contribution < -0.4 is 10.6 Å². The van der Waals surface area contributed by atoms with Crippen molar-refractivity contribution in [2.75, 3.05) is 17.2 Å². The van der Waals surface area contributed by atoms with Crippen LogP contribution in [0.15, 0.2) is 53.0 Å². The van der Waals surface area contributed by atoms with Crippen molar-refractivity contribution in [1.29, 1.82) is 0 Å². The number of halogens is 2. The first-order chi connectivity index (χ1) is 9.15. The van der Waals surface area contributed by atoms with Crippen LogP contribution in [-0.4, -0.2) is 12.5 Å². The summed E-state index contributed by atoms with van der Waals surface area (Å²) in [6, 6.07) is 13.5. The number of nitrogens with one attached hydrogen (secondary N) is 2. The molecule has 0 saturated heterocycles. The fraction of sp³-hybridized carbons (Fsp3) is 0.0714. The topological polar surface area (TPSA) is 41.1 Å². The molecule has 0 aromatic heterocycles. The Balaban J connectivity index is 1.88. The second kappa shape index (κ2) is 6.33. The van der Waals surface area contributed by atoms with E-state index >= 15 is 0 Å². The third-order valence-corrected chi connectivity index (χ3v) is 2.97. The van der Waals surface area contributed by atoms with Gasteiger partial charge in [-0.3, -0.25) is 4.79 Å². The number of carbonyl (C=O) groups is 1. The maximum absolute atomic E-state index is 13.3. The molecule has 0 unspecified atom stereocenters. The monoisotopic (exact) mass is 322 g/mol. The van der Waals surface area contributed by atoms with Crippen molar-refractivity contribution in [3.8, 4) is 0 Å². The molecule has 2 aromatic carbocycles. The van der Waals surface area contributed by atoms with E-state index in [4.69, 9.17) is 0 Å². The highest BCUT2D eigenvalue weighted by Crippen LogP contribution is 2.14. The Kier molecular flexibility index (Phi) is 4.52. The molecule has 0 fully saturated rings.